The van der Waals surface area contributed by atoms with Gasteiger partial charge in [-0.15, -0.1) is 0 Å². The molecule has 2 aromatic carbocycles. The van der Waals surface area contributed by atoms with Crippen LogP contribution in [0.15, 0.2) is 48.5 Å². The average Bonchev–Trinajstić information content (AvgIpc) is 2.59. The molecule has 0 aliphatic heterocycles. The Morgan fingerprint density at radius 2 is 1.92 bits per heavy atom. The molecule has 132 valence electrons. The fourth-order valence-corrected chi connectivity index (χ4v) is 2.38. The summed E-state index contributed by atoms with van der Waals surface area (Å²) in [4.78, 5) is 23.3. The second-order valence-corrected chi connectivity index (χ2v) is 5.91. The van der Waals surface area contributed by atoms with E-state index in [-0.39, 0.29) is 12.3 Å². The molecule has 0 saturated carbocycles. The SMILES string of the molecule is CCCOc1cccc(CC(=O)Nc2cccc(C(C)C(=O)O)c2)c1. The molecule has 0 aromatic heterocycles. The first-order chi connectivity index (χ1) is 12.0. The highest BCUT2D eigenvalue weighted by atomic mass is 16.5. The van der Waals surface area contributed by atoms with Crippen LogP contribution in [-0.4, -0.2) is 23.6 Å². The van der Waals surface area contributed by atoms with Crippen molar-refractivity contribution in [3.8, 4) is 5.75 Å². The molecule has 5 nitrogen and oxygen atoms in total. The van der Waals surface area contributed by atoms with Gasteiger partial charge >= 0.3 is 5.97 Å². The summed E-state index contributed by atoms with van der Waals surface area (Å²) >= 11 is 0. The lowest BCUT2D eigenvalue weighted by atomic mass is 10.0. The van der Waals surface area contributed by atoms with E-state index in [2.05, 4.69) is 5.32 Å². The maximum absolute atomic E-state index is 12.3. The zero-order valence-electron chi connectivity index (χ0n) is 14.5. The van der Waals surface area contributed by atoms with E-state index in [1.807, 2.05) is 31.2 Å². The fraction of sp³-hybridized carbons (Fsp3) is 0.300. The lowest BCUT2D eigenvalue weighted by molar-refractivity contribution is -0.138. The van der Waals surface area contributed by atoms with E-state index >= 15 is 0 Å². The second kappa shape index (κ2) is 8.87. The molecule has 0 radical (unpaired) electrons. The van der Waals surface area contributed by atoms with Gasteiger partial charge in [-0.1, -0.05) is 31.2 Å². The number of anilines is 1. The highest BCUT2D eigenvalue weighted by Gasteiger charge is 2.14. The van der Waals surface area contributed by atoms with Crippen LogP contribution in [0, 0.1) is 0 Å². The van der Waals surface area contributed by atoms with Gasteiger partial charge in [0, 0.05) is 5.69 Å². The molecule has 1 unspecified atom stereocenters. The van der Waals surface area contributed by atoms with Crippen LogP contribution in [0.2, 0.25) is 0 Å². The van der Waals surface area contributed by atoms with Crippen molar-refractivity contribution in [3.05, 3.63) is 59.7 Å². The second-order valence-electron chi connectivity index (χ2n) is 5.91. The predicted octanol–water partition coefficient (Wildman–Crippen LogP) is 3.84. The van der Waals surface area contributed by atoms with Gasteiger partial charge in [-0.2, -0.15) is 0 Å². The molecule has 2 rings (SSSR count). The first-order valence-corrected chi connectivity index (χ1v) is 8.34. The quantitative estimate of drug-likeness (QED) is 0.765. The molecule has 0 aliphatic carbocycles. The van der Waals surface area contributed by atoms with Gasteiger partial charge in [0.2, 0.25) is 5.91 Å². The van der Waals surface area contributed by atoms with Gasteiger partial charge in [-0.05, 0) is 48.7 Å². The Kier molecular flexibility index (Phi) is 6.57. The van der Waals surface area contributed by atoms with E-state index in [0.29, 0.717) is 17.9 Å². The van der Waals surface area contributed by atoms with Gasteiger partial charge in [0.25, 0.3) is 0 Å². The topological polar surface area (TPSA) is 75.6 Å². The van der Waals surface area contributed by atoms with Crippen molar-refractivity contribution in [1.29, 1.82) is 0 Å². The normalized spacial score (nSPS) is 11.6. The van der Waals surface area contributed by atoms with Crippen LogP contribution in [0.4, 0.5) is 5.69 Å². The number of amides is 1. The zero-order chi connectivity index (χ0) is 18.2. The Labute approximate surface area is 147 Å². The number of carboxylic acid groups (broad SMARTS) is 1. The third-order valence-corrected chi connectivity index (χ3v) is 3.78. The number of hydrogen-bond acceptors (Lipinski definition) is 3. The van der Waals surface area contributed by atoms with Crippen molar-refractivity contribution in [2.45, 2.75) is 32.6 Å². The number of carbonyl (C=O) groups is 2. The number of hydrogen-bond donors (Lipinski definition) is 2. The number of carbonyl (C=O) groups excluding carboxylic acids is 1. The van der Waals surface area contributed by atoms with Crippen LogP contribution in [0.5, 0.6) is 5.75 Å². The van der Waals surface area contributed by atoms with E-state index in [0.717, 1.165) is 17.7 Å². The number of carboxylic acids is 1. The van der Waals surface area contributed by atoms with Crippen LogP contribution in [0.3, 0.4) is 0 Å². The van der Waals surface area contributed by atoms with Crippen molar-refractivity contribution < 1.29 is 19.4 Å². The minimum Gasteiger partial charge on any atom is -0.494 e. The molecular weight excluding hydrogens is 318 g/mol. The van der Waals surface area contributed by atoms with E-state index in [4.69, 9.17) is 9.84 Å². The molecule has 25 heavy (non-hydrogen) atoms. The fourth-order valence-electron chi connectivity index (χ4n) is 2.38. The van der Waals surface area contributed by atoms with Gasteiger partial charge in [0.15, 0.2) is 0 Å². The smallest absolute Gasteiger partial charge is 0.310 e. The summed E-state index contributed by atoms with van der Waals surface area (Å²) in [5.41, 5.74) is 2.11. The van der Waals surface area contributed by atoms with Crippen molar-refractivity contribution in [1.82, 2.24) is 0 Å². The molecule has 0 spiro atoms. The molecule has 2 aromatic rings. The van der Waals surface area contributed by atoms with E-state index in [1.165, 1.54) is 0 Å². The summed E-state index contributed by atoms with van der Waals surface area (Å²) in [5.74, 6) is -0.922. The molecular formula is C20H23NO4. The molecule has 0 aliphatic rings. The van der Waals surface area contributed by atoms with Gasteiger partial charge < -0.3 is 15.2 Å². The van der Waals surface area contributed by atoms with Crippen LogP contribution >= 0.6 is 0 Å². The van der Waals surface area contributed by atoms with Crippen molar-refractivity contribution >= 4 is 17.6 Å². The third-order valence-electron chi connectivity index (χ3n) is 3.78. The molecule has 5 heteroatoms. The lowest BCUT2D eigenvalue weighted by Crippen LogP contribution is -2.15. The predicted molar refractivity (Wildman–Crippen MR) is 97.1 cm³/mol. The van der Waals surface area contributed by atoms with E-state index < -0.39 is 11.9 Å². The Morgan fingerprint density at radius 1 is 1.16 bits per heavy atom. The maximum Gasteiger partial charge on any atom is 0.310 e. The average molecular weight is 341 g/mol. The molecule has 0 fully saturated rings. The molecule has 0 saturated heterocycles. The monoisotopic (exact) mass is 341 g/mol. The minimum absolute atomic E-state index is 0.159. The largest absolute Gasteiger partial charge is 0.494 e. The molecule has 1 atom stereocenters. The van der Waals surface area contributed by atoms with Crippen molar-refractivity contribution in [3.63, 3.8) is 0 Å². The summed E-state index contributed by atoms with van der Waals surface area (Å²) in [6.45, 7) is 4.30. The first-order valence-electron chi connectivity index (χ1n) is 8.34. The maximum atomic E-state index is 12.3. The number of rotatable bonds is 8. The number of aliphatic carboxylic acids is 1. The first kappa shape index (κ1) is 18.5. The standard InChI is InChI=1S/C20H23NO4/c1-3-10-25-18-9-4-6-15(11-18)12-19(22)21-17-8-5-7-16(13-17)14(2)20(23)24/h4-9,11,13-14H,3,10,12H2,1-2H3,(H,21,22)(H,23,24). The van der Waals surface area contributed by atoms with E-state index in [9.17, 15) is 9.59 Å². The van der Waals surface area contributed by atoms with Crippen LogP contribution in [-0.2, 0) is 16.0 Å². The number of ether oxygens (including phenoxy) is 1. The summed E-state index contributed by atoms with van der Waals surface area (Å²) in [7, 11) is 0. The van der Waals surface area contributed by atoms with Gasteiger partial charge in [0.1, 0.15) is 5.75 Å². The summed E-state index contributed by atoms with van der Waals surface area (Å²) in [5, 5.41) is 11.9. The molecule has 0 heterocycles. The Balaban J connectivity index is 2.01. The number of nitrogens with one attached hydrogen (secondary N) is 1. The van der Waals surface area contributed by atoms with E-state index in [1.54, 1.807) is 31.2 Å². The number of benzene rings is 2. The minimum atomic E-state index is -0.896. The highest BCUT2D eigenvalue weighted by Crippen LogP contribution is 2.20. The molecule has 2 N–H and O–H groups in total. The zero-order valence-corrected chi connectivity index (χ0v) is 14.5. The third kappa shape index (κ3) is 5.64. The van der Waals surface area contributed by atoms with Gasteiger partial charge in [-0.3, -0.25) is 9.59 Å². The Bertz CT molecular complexity index is 742. The van der Waals surface area contributed by atoms with Crippen molar-refractivity contribution in [2.24, 2.45) is 0 Å². The summed E-state index contributed by atoms with van der Waals surface area (Å²) in [6, 6.07) is 14.4. The van der Waals surface area contributed by atoms with Crippen LogP contribution in [0.1, 0.15) is 37.3 Å². The van der Waals surface area contributed by atoms with Crippen LogP contribution < -0.4 is 10.1 Å². The highest BCUT2D eigenvalue weighted by molar-refractivity contribution is 5.92. The van der Waals surface area contributed by atoms with Gasteiger partial charge in [0.05, 0.1) is 18.9 Å². The lowest BCUT2D eigenvalue weighted by Gasteiger charge is -2.11. The summed E-state index contributed by atoms with van der Waals surface area (Å²) < 4.78 is 5.57. The van der Waals surface area contributed by atoms with Crippen molar-refractivity contribution in [2.75, 3.05) is 11.9 Å². The summed E-state index contributed by atoms with van der Waals surface area (Å²) in [6.07, 6.45) is 1.15. The van der Waals surface area contributed by atoms with Crippen LogP contribution in [0.25, 0.3) is 0 Å². The Morgan fingerprint density at radius 3 is 2.64 bits per heavy atom. The molecule has 0 bridgehead atoms. The van der Waals surface area contributed by atoms with Gasteiger partial charge in [-0.25, -0.2) is 0 Å². The molecule has 1 amide bonds. The Hall–Kier alpha value is -2.82.